The Hall–Kier alpha value is -1.75. The average molecular weight is 254 g/mol. The molecule has 2 N–H and O–H groups in total. The van der Waals surface area contributed by atoms with Crippen LogP contribution in [0.4, 0.5) is 0 Å². The number of aliphatic carboxylic acids is 1. The van der Waals surface area contributed by atoms with E-state index in [-0.39, 0.29) is 0 Å². The van der Waals surface area contributed by atoms with Gasteiger partial charge in [0.2, 0.25) is 0 Å². The predicted octanol–water partition coefficient (Wildman–Crippen LogP) is 1.85. The molecule has 0 saturated heterocycles. The van der Waals surface area contributed by atoms with E-state index in [1.807, 2.05) is 0 Å². The standard InChI is InChI=1S/C13H18O5/c1-13(2,12(15)16)11(14)8-6-5-7-9(17-3)10(8)18-4/h5-7,11,14H,1-4H3,(H,15,16). The molecule has 0 amide bonds. The third kappa shape index (κ3) is 2.41. The number of rotatable bonds is 5. The summed E-state index contributed by atoms with van der Waals surface area (Å²) >= 11 is 0. The molecule has 0 saturated carbocycles. The van der Waals surface area contributed by atoms with E-state index in [0.29, 0.717) is 17.1 Å². The summed E-state index contributed by atoms with van der Waals surface area (Å²) < 4.78 is 10.3. The monoisotopic (exact) mass is 254 g/mol. The third-order valence-corrected chi connectivity index (χ3v) is 2.96. The first-order valence-electron chi connectivity index (χ1n) is 5.48. The van der Waals surface area contributed by atoms with Crippen molar-refractivity contribution in [2.45, 2.75) is 20.0 Å². The number of carboxylic acids is 1. The van der Waals surface area contributed by atoms with E-state index in [1.54, 1.807) is 18.2 Å². The Morgan fingerprint density at radius 1 is 1.28 bits per heavy atom. The minimum atomic E-state index is -1.32. The maximum Gasteiger partial charge on any atom is 0.312 e. The molecule has 0 radical (unpaired) electrons. The van der Waals surface area contributed by atoms with E-state index in [4.69, 9.17) is 14.6 Å². The molecule has 0 bridgehead atoms. The molecule has 1 aromatic rings. The minimum absolute atomic E-state index is 0.349. The number of ether oxygens (including phenoxy) is 2. The Morgan fingerprint density at radius 2 is 1.89 bits per heavy atom. The molecule has 100 valence electrons. The van der Waals surface area contributed by atoms with Crippen molar-refractivity contribution in [2.24, 2.45) is 5.41 Å². The molecule has 0 aliphatic heterocycles. The molecular formula is C13H18O5. The van der Waals surface area contributed by atoms with Crippen LogP contribution < -0.4 is 9.47 Å². The molecular weight excluding hydrogens is 236 g/mol. The van der Waals surface area contributed by atoms with Gasteiger partial charge in [-0.25, -0.2) is 0 Å². The maximum atomic E-state index is 11.2. The van der Waals surface area contributed by atoms with Crippen LogP contribution in [-0.4, -0.2) is 30.4 Å². The summed E-state index contributed by atoms with van der Waals surface area (Å²) in [6.45, 7) is 2.91. The second-order valence-electron chi connectivity index (χ2n) is 4.51. The summed E-state index contributed by atoms with van der Waals surface area (Å²) in [7, 11) is 2.93. The normalized spacial score (nSPS) is 12.9. The summed E-state index contributed by atoms with van der Waals surface area (Å²) in [4.78, 5) is 11.2. The molecule has 5 nitrogen and oxygen atoms in total. The van der Waals surface area contributed by atoms with Gasteiger partial charge in [0.05, 0.1) is 25.7 Å². The van der Waals surface area contributed by atoms with E-state index in [0.717, 1.165) is 0 Å². The largest absolute Gasteiger partial charge is 0.493 e. The number of aliphatic hydroxyl groups excluding tert-OH is 1. The van der Waals surface area contributed by atoms with E-state index in [9.17, 15) is 9.90 Å². The molecule has 0 spiro atoms. The lowest BCUT2D eigenvalue weighted by molar-refractivity contribution is -0.153. The van der Waals surface area contributed by atoms with Crippen molar-refractivity contribution >= 4 is 5.97 Å². The van der Waals surface area contributed by atoms with Gasteiger partial charge < -0.3 is 19.7 Å². The van der Waals surface area contributed by atoms with Gasteiger partial charge in [-0.2, -0.15) is 0 Å². The van der Waals surface area contributed by atoms with Gasteiger partial charge in [-0.1, -0.05) is 12.1 Å². The lowest BCUT2D eigenvalue weighted by Crippen LogP contribution is -2.31. The lowest BCUT2D eigenvalue weighted by atomic mass is 9.82. The van der Waals surface area contributed by atoms with Gasteiger partial charge in [-0.15, -0.1) is 0 Å². The maximum absolute atomic E-state index is 11.2. The summed E-state index contributed by atoms with van der Waals surface area (Å²) in [5.41, 5.74) is -0.927. The lowest BCUT2D eigenvalue weighted by Gasteiger charge is -2.27. The summed E-state index contributed by atoms with van der Waals surface area (Å²) in [6, 6.07) is 4.98. The fourth-order valence-electron chi connectivity index (χ4n) is 1.63. The predicted molar refractivity (Wildman–Crippen MR) is 65.9 cm³/mol. The van der Waals surface area contributed by atoms with Crippen LogP contribution in [0.1, 0.15) is 25.5 Å². The first kappa shape index (κ1) is 14.3. The second-order valence-corrected chi connectivity index (χ2v) is 4.51. The highest BCUT2D eigenvalue weighted by Gasteiger charge is 2.38. The van der Waals surface area contributed by atoms with Crippen LogP contribution >= 0.6 is 0 Å². The molecule has 0 aromatic heterocycles. The van der Waals surface area contributed by atoms with E-state index in [1.165, 1.54) is 28.1 Å². The van der Waals surface area contributed by atoms with Crippen molar-refractivity contribution < 1.29 is 24.5 Å². The number of carboxylic acid groups (broad SMARTS) is 1. The van der Waals surface area contributed by atoms with E-state index >= 15 is 0 Å². The molecule has 1 atom stereocenters. The SMILES string of the molecule is COc1cccc(C(O)C(C)(C)C(=O)O)c1OC. The number of aliphatic hydroxyl groups is 1. The van der Waals surface area contributed by atoms with Gasteiger partial charge in [0.1, 0.15) is 0 Å². The fourth-order valence-corrected chi connectivity index (χ4v) is 1.63. The van der Waals surface area contributed by atoms with Gasteiger partial charge in [-0.3, -0.25) is 4.79 Å². The Bertz CT molecular complexity index is 439. The van der Waals surface area contributed by atoms with Crippen LogP contribution in [-0.2, 0) is 4.79 Å². The number of para-hydroxylation sites is 1. The van der Waals surface area contributed by atoms with E-state index in [2.05, 4.69) is 0 Å². The molecule has 1 rings (SSSR count). The van der Waals surface area contributed by atoms with Gasteiger partial charge in [0.25, 0.3) is 0 Å². The zero-order valence-electron chi connectivity index (χ0n) is 10.9. The number of methoxy groups -OCH3 is 2. The molecule has 0 fully saturated rings. The molecule has 0 aliphatic rings. The zero-order valence-corrected chi connectivity index (χ0v) is 10.9. The Morgan fingerprint density at radius 3 is 2.33 bits per heavy atom. The number of benzene rings is 1. The zero-order chi connectivity index (χ0) is 13.9. The highest BCUT2D eigenvalue weighted by atomic mass is 16.5. The van der Waals surface area contributed by atoms with Crippen LogP contribution in [0, 0.1) is 5.41 Å². The average Bonchev–Trinajstić information content (AvgIpc) is 2.36. The van der Waals surface area contributed by atoms with Crippen LogP contribution in [0.25, 0.3) is 0 Å². The van der Waals surface area contributed by atoms with Gasteiger partial charge >= 0.3 is 5.97 Å². The van der Waals surface area contributed by atoms with Crippen molar-refractivity contribution in [1.29, 1.82) is 0 Å². The highest BCUT2D eigenvalue weighted by molar-refractivity contribution is 5.75. The Kier molecular flexibility index (Phi) is 4.19. The molecule has 1 unspecified atom stereocenters. The number of carbonyl (C=O) groups is 1. The van der Waals surface area contributed by atoms with Crippen LogP contribution in [0.2, 0.25) is 0 Å². The number of hydrogen-bond donors (Lipinski definition) is 2. The fraction of sp³-hybridized carbons (Fsp3) is 0.462. The van der Waals surface area contributed by atoms with Crippen molar-refractivity contribution in [3.05, 3.63) is 23.8 Å². The quantitative estimate of drug-likeness (QED) is 0.838. The first-order valence-corrected chi connectivity index (χ1v) is 5.48. The summed E-state index contributed by atoms with van der Waals surface area (Å²) in [6.07, 6.45) is -1.19. The summed E-state index contributed by atoms with van der Waals surface area (Å²) in [5.74, 6) is -0.281. The smallest absolute Gasteiger partial charge is 0.312 e. The van der Waals surface area contributed by atoms with Crippen molar-refractivity contribution in [2.75, 3.05) is 14.2 Å². The van der Waals surface area contributed by atoms with Crippen LogP contribution in [0.3, 0.4) is 0 Å². The molecule has 18 heavy (non-hydrogen) atoms. The van der Waals surface area contributed by atoms with E-state index < -0.39 is 17.5 Å². The second kappa shape index (κ2) is 5.27. The number of hydrogen-bond acceptors (Lipinski definition) is 4. The Labute approximate surface area is 106 Å². The molecule has 5 heteroatoms. The minimum Gasteiger partial charge on any atom is -0.493 e. The van der Waals surface area contributed by atoms with Crippen LogP contribution in [0.5, 0.6) is 11.5 Å². The first-order chi connectivity index (χ1) is 8.36. The van der Waals surface area contributed by atoms with Gasteiger partial charge in [0.15, 0.2) is 11.5 Å². The summed E-state index contributed by atoms with van der Waals surface area (Å²) in [5, 5.41) is 19.4. The highest BCUT2D eigenvalue weighted by Crippen LogP contribution is 2.41. The van der Waals surface area contributed by atoms with Crippen molar-refractivity contribution in [3.63, 3.8) is 0 Å². The molecule has 0 heterocycles. The van der Waals surface area contributed by atoms with Crippen molar-refractivity contribution in [3.8, 4) is 11.5 Å². The topological polar surface area (TPSA) is 76.0 Å². The Balaban J connectivity index is 3.29. The molecule has 0 aliphatic carbocycles. The van der Waals surface area contributed by atoms with Gasteiger partial charge in [-0.05, 0) is 19.9 Å². The van der Waals surface area contributed by atoms with Crippen molar-refractivity contribution in [1.82, 2.24) is 0 Å². The third-order valence-electron chi connectivity index (χ3n) is 2.96. The van der Waals surface area contributed by atoms with Crippen LogP contribution in [0.15, 0.2) is 18.2 Å². The molecule has 1 aromatic carbocycles. The van der Waals surface area contributed by atoms with Gasteiger partial charge in [0, 0.05) is 5.56 Å².